The van der Waals surface area contributed by atoms with Gasteiger partial charge in [0.2, 0.25) is 0 Å². The minimum Gasteiger partial charge on any atom is -0.382 e. The van der Waals surface area contributed by atoms with Gasteiger partial charge >= 0.3 is 0 Å². The fraction of sp³-hybridized carbons (Fsp3) is 0.600. The smallest absolute Gasteiger partial charge is 0.0995 e. The molecule has 3 nitrogen and oxygen atoms in total. The highest BCUT2D eigenvalue weighted by molar-refractivity contribution is 4.86. The summed E-state index contributed by atoms with van der Waals surface area (Å²) in [6, 6.07) is 0. The average Bonchev–Trinajstić information content (AvgIpc) is 2.16. The maximum absolute atomic E-state index is 5.54. The van der Waals surface area contributed by atoms with Crippen LogP contribution in [-0.4, -0.2) is 39.6 Å². The Balaban J connectivity index is 3.86. The summed E-state index contributed by atoms with van der Waals surface area (Å²) in [6.45, 7) is 8.29. The Morgan fingerprint density at radius 1 is 1.00 bits per heavy atom. The topological polar surface area (TPSA) is 27.7 Å². The molecule has 0 aromatic carbocycles. The predicted octanol–water partition coefficient (Wildman–Crippen LogP) is 1.41. The van der Waals surface area contributed by atoms with E-state index in [4.69, 9.17) is 14.2 Å². The van der Waals surface area contributed by atoms with Gasteiger partial charge in [0, 0.05) is 14.2 Å². The number of rotatable bonds is 8. The molecule has 0 aliphatic rings. The normalized spacial score (nSPS) is 14.9. The van der Waals surface area contributed by atoms with Crippen molar-refractivity contribution in [1.82, 2.24) is 0 Å². The molecule has 76 valence electrons. The number of ether oxygens (including phenoxy) is 3. The van der Waals surface area contributed by atoms with Gasteiger partial charge in [0.1, 0.15) is 0 Å². The van der Waals surface area contributed by atoms with Crippen molar-refractivity contribution in [2.45, 2.75) is 12.2 Å². The highest BCUT2D eigenvalue weighted by Gasteiger charge is 2.10. The minimum absolute atomic E-state index is 0.108. The van der Waals surface area contributed by atoms with Crippen LogP contribution in [0.3, 0.4) is 0 Å². The zero-order valence-electron chi connectivity index (χ0n) is 8.36. The number of hydrogen-bond donors (Lipinski definition) is 0. The molecule has 0 aromatic heterocycles. The Bertz CT molecular complexity index is 129. The second-order valence-electron chi connectivity index (χ2n) is 2.60. The molecule has 0 spiro atoms. The van der Waals surface area contributed by atoms with Crippen molar-refractivity contribution in [1.29, 1.82) is 0 Å². The zero-order chi connectivity index (χ0) is 10.1. The van der Waals surface area contributed by atoms with E-state index in [0.717, 1.165) is 0 Å². The first kappa shape index (κ1) is 12.4. The lowest BCUT2D eigenvalue weighted by Crippen LogP contribution is -2.25. The fourth-order valence-electron chi connectivity index (χ4n) is 0.879. The third-order valence-corrected chi connectivity index (χ3v) is 1.54. The third kappa shape index (κ3) is 5.58. The molecule has 0 heterocycles. The molecular weight excluding hydrogens is 168 g/mol. The molecule has 0 fully saturated rings. The van der Waals surface area contributed by atoms with E-state index < -0.39 is 0 Å². The van der Waals surface area contributed by atoms with E-state index in [2.05, 4.69) is 13.2 Å². The van der Waals surface area contributed by atoms with Crippen molar-refractivity contribution in [3.05, 3.63) is 25.3 Å². The maximum atomic E-state index is 5.54. The molecule has 0 unspecified atom stereocenters. The molecule has 0 amide bonds. The van der Waals surface area contributed by atoms with E-state index in [1.807, 2.05) is 0 Å². The Hall–Kier alpha value is -0.640. The molecule has 3 heteroatoms. The summed E-state index contributed by atoms with van der Waals surface area (Å²) in [7, 11) is 3.25. The van der Waals surface area contributed by atoms with Gasteiger partial charge in [-0.15, -0.1) is 13.2 Å². The van der Waals surface area contributed by atoms with Crippen LogP contribution in [0.4, 0.5) is 0 Å². The summed E-state index contributed by atoms with van der Waals surface area (Å²) < 4.78 is 15.4. The zero-order valence-corrected chi connectivity index (χ0v) is 8.36. The Morgan fingerprint density at radius 3 is 1.62 bits per heavy atom. The van der Waals surface area contributed by atoms with Gasteiger partial charge in [-0.25, -0.2) is 0 Å². The van der Waals surface area contributed by atoms with Gasteiger partial charge in [0.05, 0.1) is 25.4 Å². The van der Waals surface area contributed by atoms with Crippen LogP contribution in [0, 0.1) is 0 Å². The minimum atomic E-state index is -0.108. The number of hydrogen-bond acceptors (Lipinski definition) is 3. The first-order valence-electron chi connectivity index (χ1n) is 4.16. The molecule has 0 aromatic rings. The summed E-state index contributed by atoms with van der Waals surface area (Å²) in [5.41, 5.74) is 0. The molecule has 0 saturated carbocycles. The van der Waals surface area contributed by atoms with Gasteiger partial charge < -0.3 is 14.2 Å². The predicted molar refractivity (Wildman–Crippen MR) is 52.8 cm³/mol. The van der Waals surface area contributed by atoms with E-state index in [0.29, 0.717) is 13.2 Å². The molecule has 0 aliphatic heterocycles. The van der Waals surface area contributed by atoms with Crippen molar-refractivity contribution >= 4 is 0 Å². The lowest BCUT2D eigenvalue weighted by molar-refractivity contribution is -0.0320. The molecular formula is C10H18O3. The molecule has 0 radical (unpaired) electrons. The summed E-state index contributed by atoms with van der Waals surface area (Å²) >= 11 is 0. The van der Waals surface area contributed by atoms with E-state index in [1.165, 1.54) is 0 Å². The van der Waals surface area contributed by atoms with Gasteiger partial charge in [-0.3, -0.25) is 0 Å². The van der Waals surface area contributed by atoms with Gasteiger partial charge in [-0.05, 0) is 0 Å². The summed E-state index contributed by atoms with van der Waals surface area (Å²) in [5, 5.41) is 0. The van der Waals surface area contributed by atoms with E-state index >= 15 is 0 Å². The highest BCUT2D eigenvalue weighted by Crippen LogP contribution is 2.02. The van der Waals surface area contributed by atoms with E-state index in [-0.39, 0.29) is 12.2 Å². The molecule has 0 aliphatic carbocycles. The van der Waals surface area contributed by atoms with Crippen LogP contribution in [0.1, 0.15) is 0 Å². The first-order valence-corrected chi connectivity index (χ1v) is 4.16. The lowest BCUT2D eigenvalue weighted by Gasteiger charge is -2.18. The van der Waals surface area contributed by atoms with Crippen LogP contribution in [-0.2, 0) is 14.2 Å². The lowest BCUT2D eigenvalue weighted by atomic mass is 10.3. The van der Waals surface area contributed by atoms with Crippen LogP contribution in [0.2, 0.25) is 0 Å². The first-order chi connectivity index (χ1) is 6.28. The quantitative estimate of drug-likeness (QED) is 0.536. The van der Waals surface area contributed by atoms with Crippen molar-refractivity contribution in [3.63, 3.8) is 0 Å². The molecule has 0 rings (SSSR count). The van der Waals surface area contributed by atoms with Crippen LogP contribution in [0.15, 0.2) is 25.3 Å². The summed E-state index contributed by atoms with van der Waals surface area (Å²) in [4.78, 5) is 0. The number of methoxy groups -OCH3 is 2. The van der Waals surface area contributed by atoms with E-state index in [1.54, 1.807) is 26.4 Å². The summed E-state index contributed by atoms with van der Waals surface area (Å²) in [6.07, 6.45) is 3.19. The van der Waals surface area contributed by atoms with Crippen molar-refractivity contribution < 1.29 is 14.2 Å². The van der Waals surface area contributed by atoms with Gasteiger partial charge in [-0.2, -0.15) is 0 Å². The second-order valence-corrected chi connectivity index (χ2v) is 2.60. The van der Waals surface area contributed by atoms with Crippen molar-refractivity contribution in [3.8, 4) is 0 Å². The van der Waals surface area contributed by atoms with Crippen molar-refractivity contribution in [2.24, 2.45) is 0 Å². The standard InChI is InChI=1S/C10H18O3/c1-5-9(7-11-3)13-10(6-2)8-12-4/h5-6,9-10H,1-2,7-8H2,3-4H3/t9-,10+. The van der Waals surface area contributed by atoms with Crippen LogP contribution in [0.25, 0.3) is 0 Å². The molecule has 13 heavy (non-hydrogen) atoms. The van der Waals surface area contributed by atoms with Crippen LogP contribution in [0.5, 0.6) is 0 Å². The summed E-state index contributed by atoms with van der Waals surface area (Å²) in [5.74, 6) is 0. The van der Waals surface area contributed by atoms with Crippen LogP contribution >= 0.6 is 0 Å². The SMILES string of the molecule is C=C[C@H](COC)O[C@@H](C=C)COC. The Morgan fingerprint density at radius 2 is 1.38 bits per heavy atom. The molecule has 0 bridgehead atoms. The molecule has 0 N–H and O–H groups in total. The Labute approximate surface area is 80.0 Å². The average molecular weight is 186 g/mol. The van der Waals surface area contributed by atoms with Crippen molar-refractivity contribution in [2.75, 3.05) is 27.4 Å². The third-order valence-electron chi connectivity index (χ3n) is 1.54. The second kappa shape index (κ2) is 7.98. The monoisotopic (exact) mass is 186 g/mol. The Kier molecular flexibility index (Phi) is 7.59. The van der Waals surface area contributed by atoms with Gasteiger partial charge in [0.15, 0.2) is 0 Å². The fourth-order valence-corrected chi connectivity index (χ4v) is 0.879. The largest absolute Gasteiger partial charge is 0.382 e. The van der Waals surface area contributed by atoms with Crippen LogP contribution < -0.4 is 0 Å². The highest BCUT2D eigenvalue weighted by atomic mass is 16.6. The molecule has 0 saturated heterocycles. The maximum Gasteiger partial charge on any atom is 0.0995 e. The van der Waals surface area contributed by atoms with Gasteiger partial charge in [0.25, 0.3) is 0 Å². The van der Waals surface area contributed by atoms with Gasteiger partial charge in [-0.1, -0.05) is 12.2 Å². The molecule has 2 atom stereocenters. The van der Waals surface area contributed by atoms with E-state index in [9.17, 15) is 0 Å².